The van der Waals surface area contributed by atoms with E-state index < -0.39 is 6.16 Å². The van der Waals surface area contributed by atoms with Gasteiger partial charge in [-0.25, -0.2) is 9.78 Å². The number of aromatic nitrogens is 2. The molecule has 0 bridgehead atoms. The van der Waals surface area contributed by atoms with Crippen LogP contribution in [0, 0.1) is 5.92 Å². The second-order valence-corrected chi connectivity index (χ2v) is 6.16. The molecule has 0 saturated heterocycles. The van der Waals surface area contributed by atoms with Gasteiger partial charge in [0.05, 0.1) is 18.3 Å². The normalized spacial score (nSPS) is 18.6. The first-order valence-corrected chi connectivity index (χ1v) is 8.22. The highest BCUT2D eigenvalue weighted by atomic mass is 16.6. The van der Waals surface area contributed by atoms with Crippen LogP contribution in [0.1, 0.15) is 30.9 Å². The molecule has 0 spiro atoms. The van der Waals surface area contributed by atoms with E-state index >= 15 is 0 Å². The molecule has 0 aliphatic heterocycles. The van der Waals surface area contributed by atoms with Crippen molar-refractivity contribution < 1.29 is 19.4 Å². The number of rotatable bonds is 5. The quantitative estimate of drug-likeness (QED) is 0.651. The van der Waals surface area contributed by atoms with E-state index in [9.17, 15) is 0 Å². The monoisotopic (exact) mass is 343 g/mol. The van der Waals surface area contributed by atoms with Crippen LogP contribution in [0.4, 0.5) is 4.79 Å². The molecule has 3 aromatic rings. The van der Waals surface area contributed by atoms with Gasteiger partial charge < -0.3 is 24.9 Å². The number of furan rings is 1. The number of hydrogen-bond acceptors (Lipinski definition) is 4. The second kappa shape index (κ2) is 7.40. The van der Waals surface area contributed by atoms with Crippen LogP contribution >= 0.6 is 0 Å². The molecule has 0 amide bonds. The molecular formula is C18H21N3O4. The van der Waals surface area contributed by atoms with Gasteiger partial charge in [0.25, 0.3) is 0 Å². The van der Waals surface area contributed by atoms with Crippen LogP contribution < -0.4 is 5.73 Å². The lowest BCUT2D eigenvalue weighted by Crippen LogP contribution is -1.98. The second-order valence-electron chi connectivity index (χ2n) is 6.16. The molecule has 1 aromatic carbocycles. The lowest BCUT2D eigenvalue weighted by molar-refractivity contribution is 0.137. The van der Waals surface area contributed by atoms with Crippen LogP contribution in [0.5, 0.6) is 0 Å². The Morgan fingerprint density at radius 2 is 2.16 bits per heavy atom. The average molecular weight is 343 g/mol. The summed E-state index contributed by atoms with van der Waals surface area (Å²) in [5, 5.41) is 15.1. The molecule has 1 aliphatic rings. The smallest absolute Gasteiger partial charge is 0.464 e. The predicted molar refractivity (Wildman–Crippen MR) is 93.1 cm³/mol. The van der Waals surface area contributed by atoms with Crippen LogP contribution in [0.25, 0.3) is 16.7 Å². The van der Waals surface area contributed by atoms with E-state index in [-0.39, 0.29) is 0 Å². The zero-order chi connectivity index (χ0) is 17.8. The van der Waals surface area contributed by atoms with E-state index in [4.69, 9.17) is 25.2 Å². The molecule has 2 aromatic heterocycles. The Kier molecular flexibility index (Phi) is 5.04. The zero-order valence-electron chi connectivity index (χ0n) is 13.7. The van der Waals surface area contributed by atoms with Gasteiger partial charge >= 0.3 is 6.16 Å². The molecule has 7 nitrogen and oxygen atoms in total. The summed E-state index contributed by atoms with van der Waals surface area (Å²) in [6.07, 6.45) is 7.58. The molecule has 25 heavy (non-hydrogen) atoms. The number of carbonyl (C=O) groups is 1. The number of nitrogens with two attached hydrogens (primary N) is 1. The number of carboxylic acid groups (broad SMARTS) is 2. The van der Waals surface area contributed by atoms with Gasteiger partial charge in [-0.2, -0.15) is 0 Å². The Labute approximate surface area is 144 Å². The molecule has 4 rings (SSSR count). The summed E-state index contributed by atoms with van der Waals surface area (Å²) in [6.45, 7) is 0.794. The highest BCUT2D eigenvalue weighted by molar-refractivity contribution is 5.79. The van der Waals surface area contributed by atoms with Gasteiger partial charge in [-0.05, 0) is 56.0 Å². The van der Waals surface area contributed by atoms with Crippen molar-refractivity contribution in [2.45, 2.75) is 25.2 Å². The summed E-state index contributed by atoms with van der Waals surface area (Å²) in [7, 11) is 0. The van der Waals surface area contributed by atoms with Crippen molar-refractivity contribution in [2.75, 3.05) is 6.54 Å². The van der Waals surface area contributed by atoms with E-state index in [0.717, 1.165) is 35.5 Å². The third-order valence-electron chi connectivity index (χ3n) is 4.42. The largest absolute Gasteiger partial charge is 0.503 e. The van der Waals surface area contributed by atoms with Gasteiger partial charge in [-0.15, -0.1) is 0 Å². The third kappa shape index (κ3) is 4.19. The van der Waals surface area contributed by atoms with Crippen LogP contribution in [0.2, 0.25) is 0 Å². The van der Waals surface area contributed by atoms with Crippen LogP contribution in [0.15, 0.2) is 47.5 Å². The van der Waals surface area contributed by atoms with Crippen molar-refractivity contribution in [3.8, 4) is 5.69 Å². The molecular weight excluding hydrogens is 322 g/mol. The first kappa shape index (κ1) is 17.0. The minimum atomic E-state index is -1.83. The van der Waals surface area contributed by atoms with Crippen molar-refractivity contribution in [1.29, 1.82) is 0 Å². The Hall–Kier alpha value is -2.80. The molecule has 1 fully saturated rings. The van der Waals surface area contributed by atoms with Gasteiger partial charge in [0.2, 0.25) is 0 Å². The number of hydrogen-bond donors (Lipinski definition) is 3. The Bertz CT molecular complexity index is 851. The van der Waals surface area contributed by atoms with Crippen molar-refractivity contribution in [1.82, 2.24) is 9.55 Å². The van der Waals surface area contributed by atoms with Gasteiger partial charge in [0.15, 0.2) is 0 Å². The van der Waals surface area contributed by atoms with Crippen molar-refractivity contribution >= 4 is 17.1 Å². The molecule has 4 N–H and O–H groups in total. The number of benzene rings is 1. The summed E-state index contributed by atoms with van der Waals surface area (Å²) in [6, 6.07) is 8.19. The Balaban J connectivity index is 0.000000415. The fourth-order valence-corrected chi connectivity index (χ4v) is 3.09. The summed E-state index contributed by atoms with van der Waals surface area (Å²) >= 11 is 0. The van der Waals surface area contributed by atoms with Gasteiger partial charge in [-0.1, -0.05) is 0 Å². The molecule has 2 unspecified atom stereocenters. The first-order valence-electron chi connectivity index (χ1n) is 8.22. The van der Waals surface area contributed by atoms with E-state index in [1.165, 1.54) is 18.5 Å². The third-order valence-corrected chi connectivity index (χ3v) is 4.42. The van der Waals surface area contributed by atoms with Gasteiger partial charge in [-0.3, -0.25) is 0 Å². The number of fused-ring (bicyclic) bond motifs is 1. The van der Waals surface area contributed by atoms with Crippen molar-refractivity contribution in [3.05, 3.63) is 48.7 Å². The van der Waals surface area contributed by atoms with E-state index in [2.05, 4.69) is 27.9 Å². The topological polar surface area (TPSA) is 115 Å². The Morgan fingerprint density at radius 1 is 1.36 bits per heavy atom. The number of nitrogens with zero attached hydrogens (tertiary/aromatic N) is 2. The van der Waals surface area contributed by atoms with Crippen LogP contribution in [0.3, 0.4) is 0 Å². The molecule has 132 valence electrons. The highest BCUT2D eigenvalue weighted by Gasteiger charge is 2.39. The van der Waals surface area contributed by atoms with Crippen molar-refractivity contribution in [3.63, 3.8) is 0 Å². The molecule has 0 radical (unpaired) electrons. The fourth-order valence-electron chi connectivity index (χ4n) is 3.09. The summed E-state index contributed by atoms with van der Waals surface area (Å²) < 4.78 is 7.48. The maximum absolute atomic E-state index is 8.56. The van der Waals surface area contributed by atoms with Gasteiger partial charge in [0, 0.05) is 23.2 Å². The summed E-state index contributed by atoms with van der Waals surface area (Å²) in [4.78, 5) is 13.1. The lowest BCUT2D eigenvalue weighted by Gasteiger charge is -2.01. The number of imidazole rings is 1. The fraction of sp³-hybridized carbons (Fsp3) is 0.333. The molecule has 1 saturated carbocycles. The Morgan fingerprint density at radius 3 is 2.92 bits per heavy atom. The summed E-state index contributed by atoms with van der Waals surface area (Å²) in [5.41, 5.74) is 8.84. The average Bonchev–Trinajstić information content (AvgIpc) is 2.99. The zero-order valence-corrected chi connectivity index (χ0v) is 13.7. The maximum Gasteiger partial charge on any atom is 0.503 e. The SMILES string of the molecule is NCCCC1CC1c1cn(-c2ccc3occc3c2)cn1.O=C(O)O. The minimum absolute atomic E-state index is 0.635. The summed E-state index contributed by atoms with van der Waals surface area (Å²) in [5.74, 6) is 1.42. The molecule has 7 heteroatoms. The van der Waals surface area contributed by atoms with E-state index in [1.807, 2.05) is 18.5 Å². The predicted octanol–water partition coefficient (Wildman–Crippen LogP) is 3.68. The molecule has 2 atom stereocenters. The highest BCUT2D eigenvalue weighted by Crippen LogP contribution is 2.49. The minimum Gasteiger partial charge on any atom is -0.464 e. The standard InChI is InChI=1S/C17H19N3O.CH2O3/c18-6-1-2-12-9-15(12)16-10-20(11-19-16)14-3-4-17-13(8-14)5-7-21-17;2-1(3)4/h3-5,7-8,10-12,15H,1-2,6,9,18H2;(H2,2,3,4). The first-order chi connectivity index (χ1) is 12.1. The van der Waals surface area contributed by atoms with E-state index in [1.54, 1.807) is 6.26 Å². The molecule has 2 heterocycles. The van der Waals surface area contributed by atoms with E-state index in [0.29, 0.717) is 5.92 Å². The molecule has 1 aliphatic carbocycles. The van der Waals surface area contributed by atoms with Crippen LogP contribution in [-0.2, 0) is 0 Å². The lowest BCUT2D eigenvalue weighted by atomic mass is 10.1. The van der Waals surface area contributed by atoms with Crippen LogP contribution in [-0.4, -0.2) is 32.5 Å². The van der Waals surface area contributed by atoms with Crippen molar-refractivity contribution in [2.24, 2.45) is 11.7 Å². The maximum atomic E-state index is 8.56. The van der Waals surface area contributed by atoms with Gasteiger partial charge in [0.1, 0.15) is 5.58 Å².